The third-order valence-corrected chi connectivity index (χ3v) is 5.19. The Bertz CT molecular complexity index is 1070. The maximum absolute atomic E-state index is 5.65. The van der Waals surface area contributed by atoms with Crippen LogP contribution in [0.1, 0.15) is 5.56 Å². The van der Waals surface area contributed by atoms with Crippen LogP contribution in [0.3, 0.4) is 0 Å². The van der Waals surface area contributed by atoms with E-state index in [1.807, 2.05) is 22.8 Å². The Morgan fingerprint density at radius 1 is 1.19 bits per heavy atom. The van der Waals surface area contributed by atoms with E-state index >= 15 is 0 Å². The standard InChI is InChI=1S/C19H19IN4O2/c1-23-11-16(20)15-10-13(5-6-17(15)23)18-21-19-14(12-26-9-8-25-2)4-3-7-24(19)22-18/h3-7,10-11H,8-9,12H2,1-2H3. The molecule has 0 aliphatic carbocycles. The maximum Gasteiger partial charge on any atom is 0.182 e. The number of nitrogens with zero attached hydrogens (tertiary/aromatic N) is 4. The maximum atomic E-state index is 5.65. The van der Waals surface area contributed by atoms with E-state index < -0.39 is 0 Å². The summed E-state index contributed by atoms with van der Waals surface area (Å²) in [7, 11) is 3.73. The summed E-state index contributed by atoms with van der Waals surface area (Å²) in [6.45, 7) is 1.62. The number of fused-ring (bicyclic) bond motifs is 2. The van der Waals surface area contributed by atoms with Gasteiger partial charge in [-0.3, -0.25) is 0 Å². The van der Waals surface area contributed by atoms with E-state index in [2.05, 4.69) is 63.7 Å². The number of pyridine rings is 1. The lowest BCUT2D eigenvalue weighted by molar-refractivity contribution is 0.0619. The van der Waals surface area contributed by atoms with Crippen LogP contribution in [0.25, 0.3) is 27.9 Å². The predicted octanol–water partition coefficient (Wildman–Crippen LogP) is 3.66. The lowest BCUT2D eigenvalue weighted by Crippen LogP contribution is -2.03. The summed E-state index contributed by atoms with van der Waals surface area (Å²) in [6.07, 6.45) is 4.04. The van der Waals surface area contributed by atoms with Gasteiger partial charge < -0.3 is 14.0 Å². The quantitative estimate of drug-likeness (QED) is 0.324. The van der Waals surface area contributed by atoms with E-state index in [0.717, 1.165) is 22.6 Å². The van der Waals surface area contributed by atoms with E-state index in [1.165, 1.54) is 14.5 Å². The molecule has 3 aromatic heterocycles. The summed E-state index contributed by atoms with van der Waals surface area (Å²) in [5.41, 5.74) is 4.05. The molecule has 0 N–H and O–H groups in total. The normalized spacial score (nSPS) is 11.7. The van der Waals surface area contributed by atoms with Gasteiger partial charge in [0, 0.05) is 52.2 Å². The van der Waals surface area contributed by atoms with Crippen molar-refractivity contribution in [2.45, 2.75) is 6.61 Å². The summed E-state index contributed by atoms with van der Waals surface area (Å²) < 4.78 is 15.8. The van der Waals surface area contributed by atoms with E-state index in [4.69, 9.17) is 14.5 Å². The average Bonchev–Trinajstić information content (AvgIpc) is 3.20. The van der Waals surface area contributed by atoms with Crippen molar-refractivity contribution < 1.29 is 9.47 Å². The Balaban J connectivity index is 1.70. The number of ether oxygens (including phenoxy) is 2. The lowest BCUT2D eigenvalue weighted by Gasteiger charge is -2.04. The van der Waals surface area contributed by atoms with E-state index in [0.29, 0.717) is 19.8 Å². The molecule has 3 heterocycles. The molecule has 0 fully saturated rings. The smallest absolute Gasteiger partial charge is 0.182 e. The van der Waals surface area contributed by atoms with Gasteiger partial charge in [-0.15, -0.1) is 5.10 Å². The predicted molar refractivity (Wildman–Crippen MR) is 109 cm³/mol. The van der Waals surface area contributed by atoms with Crippen molar-refractivity contribution in [1.29, 1.82) is 0 Å². The Morgan fingerprint density at radius 2 is 2.08 bits per heavy atom. The van der Waals surface area contributed by atoms with Gasteiger partial charge in [-0.2, -0.15) is 0 Å². The summed E-state index contributed by atoms with van der Waals surface area (Å²) >= 11 is 2.36. The highest BCUT2D eigenvalue weighted by atomic mass is 127. The molecule has 0 amide bonds. The SMILES string of the molecule is COCCOCc1cccn2nc(-c3ccc4c(c3)c(I)cn4C)nc12. The minimum absolute atomic E-state index is 0.488. The van der Waals surface area contributed by atoms with Crippen LogP contribution < -0.4 is 0 Å². The number of rotatable bonds is 6. The van der Waals surface area contributed by atoms with Gasteiger partial charge in [0.25, 0.3) is 0 Å². The Morgan fingerprint density at radius 3 is 2.92 bits per heavy atom. The number of methoxy groups -OCH3 is 1. The molecule has 0 aliphatic rings. The Labute approximate surface area is 164 Å². The number of aromatic nitrogens is 4. The molecule has 0 saturated carbocycles. The molecule has 7 heteroatoms. The van der Waals surface area contributed by atoms with Gasteiger partial charge in [0.2, 0.25) is 0 Å². The second kappa shape index (κ2) is 7.34. The molecule has 1 aromatic carbocycles. The Kier molecular flexibility index (Phi) is 4.92. The first kappa shape index (κ1) is 17.4. The van der Waals surface area contributed by atoms with Crippen LogP contribution in [0.2, 0.25) is 0 Å². The van der Waals surface area contributed by atoms with Gasteiger partial charge in [0.15, 0.2) is 11.5 Å². The van der Waals surface area contributed by atoms with Gasteiger partial charge in [0.1, 0.15) is 0 Å². The molecule has 0 atom stereocenters. The molecular formula is C19H19IN4O2. The molecule has 0 radical (unpaired) electrons. The number of benzene rings is 1. The van der Waals surface area contributed by atoms with E-state index in [9.17, 15) is 0 Å². The van der Waals surface area contributed by atoms with E-state index in [-0.39, 0.29) is 0 Å². The third-order valence-electron chi connectivity index (χ3n) is 4.33. The molecule has 0 aliphatic heterocycles. The fourth-order valence-corrected chi connectivity index (χ4v) is 3.85. The topological polar surface area (TPSA) is 53.6 Å². The highest BCUT2D eigenvalue weighted by Crippen LogP contribution is 2.27. The second-order valence-corrected chi connectivity index (χ2v) is 7.26. The average molecular weight is 462 g/mol. The zero-order chi connectivity index (χ0) is 18.1. The van der Waals surface area contributed by atoms with Crippen LogP contribution in [-0.4, -0.2) is 39.5 Å². The molecule has 0 unspecified atom stereocenters. The summed E-state index contributed by atoms with van der Waals surface area (Å²) in [5.74, 6) is 0.718. The molecule has 134 valence electrons. The van der Waals surface area contributed by atoms with Crippen molar-refractivity contribution >= 4 is 39.1 Å². The van der Waals surface area contributed by atoms with Crippen molar-refractivity contribution in [1.82, 2.24) is 19.2 Å². The first-order chi connectivity index (χ1) is 12.7. The zero-order valence-corrected chi connectivity index (χ0v) is 16.8. The van der Waals surface area contributed by atoms with Gasteiger partial charge in [-0.05, 0) is 46.9 Å². The van der Waals surface area contributed by atoms with Crippen LogP contribution in [0, 0.1) is 3.57 Å². The molecule has 6 nitrogen and oxygen atoms in total. The van der Waals surface area contributed by atoms with Crippen LogP contribution in [0.5, 0.6) is 0 Å². The van der Waals surface area contributed by atoms with Crippen molar-refractivity contribution in [3.8, 4) is 11.4 Å². The number of hydrogen-bond donors (Lipinski definition) is 0. The Hall–Kier alpha value is -1.97. The summed E-state index contributed by atoms with van der Waals surface area (Å²) in [5, 5.41) is 5.86. The first-order valence-electron chi connectivity index (χ1n) is 8.33. The monoisotopic (exact) mass is 462 g/mol. The van der Waals surface area contributed by atoms with Crippen LogP contribution >= 0.6 is 22.6 Å². The van der Waals surface area contributed by atoms with Gasteiger partial charge >= 0.3 is 0 Å². The highest BCUT2D eigenvalue weighted by molar-refractivity contribution is 14.1. The van der Waals surface area contributed by atoms with E-state index in [1.54, 1.807) is 7.11 Å². The molecule has 4 aromatic rings. The number of hydrogen-bond acceptors (Lipinski definition) is 4. The zero-order valence-electron chi connectivity index (χ0n) is 14.6. The van der Waals surface area contributed by atoms with Crippen LogP contribution in [-0.2, 0) is 23.1 Å². The van der Waals surface area contributed by atoms with Crippen LogP contribution in [0.4, 0.5) is 0 Å². The fourth-order valence-electron chi connectivity index (χ4n) is 3.00. The van der Waals surface area contributed by atoms with Gasteiger partial charge in [-0.1, -0.05) is 6.07 Å². The van der Waals surface area contributed by atoms with Crippen molar-refractivity contribution in [3.05, 3.63) is 51.9 Å². The number of aryl methyl sites for hydroxylation is 1. The second-order valence-electron chi connectivity index (χ2n) is 6.10. The molecule has 4 rings (SSSR count). The fraction of sp³-hybridized carbons (Fsp3) is 0.263. The minimum atomic E-state index is 0.488. The van der Waals surface area contributed by atoms with Crippen molar-refractivity contribution in [2.75, 3.05) is 20.3 Å². The molecule has 0 saturated heterocycles. The van der Waals surface area contributed by atoms with Crippen molar-refractivity contribution in [3.63, 3.8) is 0 Å². The van der Waals surface area contributed by atoms with Crippen LogP contribution in [0.15, 0.2) is 42.7 Å². The first-order valence-corrected chi connectivity index (χ1v) is 9.41. The van der Waals surface area contributed by atoms with Crippen molar-refractivity contribution in [2.24, 2.45) is 7.05 Å². The lowest BCUT2D eigenvalue weighted by atomic mass is 10.1. The third kappa shape index (κ3) is 3.22. The van der Waals surface area contributed by atoms with Gasteiger partial charge in [-0.25, -0.2) is 9.50 Å². The molecule has 26 heavy (non-hydrogen) atoms. The molecule has 0 spiro atoms. The summed E-state index contributed by atoms with van der Waals surface area (Å²) in [6, 6.07) is 10.3. The largest absolute Gasteiger partial charge is 0.382 e. The van der Waals surface area contributed by atoms with Gasteiger partial charge in [0.05, 0.1) is 19.8 Å². The molecular weight excluding hydrogens is 443 g/mol. The summed E-state index contributed by atoms with van der Waals surface area (Å²) in [4.78, 5) is 4.76. The minimum Gasteiger partial charge on any atom is -0.382 e. The molecule has 0 bridgehead atoms. The number of halogens is 1. The highest BCUT2D eigenvalue weighted by Gasteiger charge is 2.12.